The predicted molar refractivity (Wildman–Crippen MR) is 72.6 cm³/mol. The second-order valence-corrected chi connectivity index (χ2v) is 6.13. The molecule has 0 saturated heterocycles. The van der Waals surface area contributed by atoms with Crippen molar-refractivity contribution in [2.45, 2.75) is 52.1 Å². The van der Waals surface area contributed by atoms with Crippen LogP contribution in [0.5, 0.6) is 11.5 Å². The second kappa shape index (κ2) is 5.19. The number of hydrogen-bond donors (Lipinski definition) is 3. The molecular weight excluding hydrogens is 226 g/mol. The summed E-state index contributed by atoms with van der Waals surface area (Å²) in [4.78, 5) is 0. The molecule has 0 aromatic heterocycles. The van der Waals surface area contributed by atoms with Crippen molar-refractivity contribution in [3.05, 3.63) is 23.8 Å². The molecule has 1 aliphatic rings. The van der Waals surface area contributed by atoms with Gasteiger partial charge in [-0.15, -0.1) is 0 Å². The fourth-order valence-corrected chi connectivity index (χ4v) is 2.56. The highest BCUT2D eigenvalue weighted by molar-refractivity contribution is 5.38. The Balaban J connectivity index is 1.85. The highest BCUT2D eigenvalue weighted by Gasteiger charge is 2.26. The largest absolute Gasteiger partial charge is 0.508 e. The maximum Gasteiger partial charge on any atom is 0.123 e. The molecule has 3 N–H and O–H groups in total. The molecule has 1 aromatic rings. The van der Waals surface area contributed by atoms with E-state index in [1.54, 1.807) is 12.1 Å². The van der Waals surface area contributed by atoms with Gasteiger partial charge in [-0.1, -0.05) is 19.9 Å². The Labute approximate surface area is 109 Å². The number of phenols is 2. The van der Waals surface area contributed by atoms with Crippen molar-refractivity contribution < 1.29 is 10.2 Å². The van der Waals surface area contributed by atoms with Crippen LogP contribution in [0.4, 0.5) is 0 Å². The minimum absolute atomic E-state index is 0.107. The highest BCUT2D eigenvalue weighted by Crippen LogP contribution is 2.35. The molecule has 0 atom stereocenters. The maximum atomic E-state index is 9.70. The van der Waals surface area contributed by atoms with E-state index in [9.17, 15) is 10.2 Å². The number of nitrogens with one attached hydrogen (secondary N) is 1. The van der Waals surface area contributed by atoms with E-state index in [-0.39, 0.29) is 11.5 Å². The van der Waals surface area contributed by atoms with Crippen molar-refractivity contribution >= 4 is 0 Å². The van der Waals surface area contributed by atoms with Gasteiger partial charge in [-0.25, -0.2) is 0 Å². The third-order valence-electron chi connectivity index (χ3n) is 3.99. The third kappa shape index (κ3) is 3.39. The number of benzene rings is 1. The zero-order chi connectivity index (χ0) is 13.2. The maximum absolute atomic E-state index is 9.70. The first-order valence-corrected chi connectivity index (χ1v) is 6.70. The quantitative estimate of drug-likeness (QED) is 0.771. The van der Waals surface area contributed by atoms with E-state index < -0.39 is 0 Å². The number of hydrogen-bond acceptors (Lipinski definition) is 3. The van der Waals surface area contributed by atoms with Gasteiger partial charge in [0.05, 0.1) is 0 Å². The first-order chi connectivity index (χ1) is 8.46. The molecule has 18 heavy (non-hydrogen) atoms. The van der Waals surface area contributed by atoms with Gasteiger partial charge in [0.15, 0.2) is 0 Å². The van der Waals surface area contributed by atoms with Crippen molar-refractivity contribution in [3.8, 4) is 11.5 Å². The normalized spacial score (nSPS) is 19.9. The Bertz CT molecular complexity index is 405. The second-order valence-electron chi connectivity index (χ2n) is 6.13. The molecule has 2 rings (SSSR count). The summed E-state index contributed by atoms with van der Waals surface area (Å²) in [5.74, 6) is 0.273. The van der Waals surface area contributed by atoms with Crippen LogP contribution in [0.1, 0.15) is 45.1 Å². The van der Waals surface area contributed by atoms with Crippen molar-refractivity contribution in [3.63, 3.8) is 0 Å². The first kappa shape index (κ1) is 13.2. The van der Waals surface area contributed by atoms with E-state index in [0.29, 0.717) is 18.0 Å². The van der Waals surface area contributed by atoms with Crippen LogP contribution in [-0.4, -0.2) is 16.3 Å². The number of phenolic OH excluding ortho intramolecular Hbond substituents is 2. The van der Waals surface area contributed by atoms with Crippen LogP contribution in [0.2, 0.25) is 0 Å². The molecule has 0 unspecified atom stereocenters. The van der Waals surface area contributed by atoms with E-state index in [1.165, 1.54) is 31.7 Å². The molecule has 0 heterocycles. The first-order valence-electron chi connectivity index (χ1n) is 6.70. The molecule has 0 bridgehead atoms. The van der Waals surface area contributed by atoms with Crippen LogP contribution in [0, 0.1) is 5.41 Å². The molecule has 0 aliphatic heterocycles. The van der Waals surface area contributed by atoms with Crippen molar-refractivity contribution in [2.24, 2.45) is 5.41 Å². The lowest BCUT2D eigenvalue weighted by atomic mass is 9.75. The van der Waals surface area contributed by atoms with Gasteiger partial charge in [-0.3, -0.25) is 0 Å². The Kier molecular flexibility index (Phi) is 3.81. The molecule has 0 spiro atoms. The Morgan fingerprint density at radius 3 is 2.50 bits per heavy atom. The topological polar surface area (TPSA) is 52.5 Å². The monoisotopic (exact) mass is 249 g/mol. The zero-order valence-corrected chi connectivity index (χ0v) is 11.2. The lowest BCUT2D eigenvalue weighted by Gasteiger charge is -2.34. The summed E-state index contributed by atoms with van der Waals surface area (Å²) in [6.45, 7) is 5.32. The lowest BCUT2D eigenvalue weighted by molar-refractivity contribution is 0.205. The zero-order valence-electron chi connectivity index (χ0n) is 11.2. The molecule has 1 fully saturated rings. The fraction of sp³-hybridized carbons (Fsp3) is 0.600. The Morgan fingerprint density at radius 2 is 1.89 bits per heavy atom. The Morgan fingerprint density at radius 1 is 1.22 bits per heavy atom. The van der Waals surface area contributed by atoms with Crippen LogP contribution in [0.25, 0.3) is 0 Å². The van der Waals surface area contributed by atoms with Gasteiger partial charge < -0.3 is 15.5 Å². The van der Waals surface area contributed by atoms with Gasteiger partial charge in [0.1, 0.15) is 11.5 Å². The van der Waals surface area contributed by atoms with E-state index >= 15 is 0 Å². The van der Waals surface area contributed by atoms with Gasteiger partial charge in [0, 0.05) is 24.2 Å². The van der Waals surface area contributed by atoms with Gasteiger partial charge in [0.25, 0.3) is 0 Å². The lowest BCUT2D eigenvalue weighted by Crippen LogP contribution is -2.35. The predicted octanol–water partition coefficient (Wildman–Crippen LogP) is 3.16. The smallest absolute Gasteiger partial charge is 0.123 e. The summed E-state index contributed by atoms with van der Waals surface area (Å²) in [5.41, 5.74) is 1.33. The summed E-state index contributed by atoms with van der Waals surface area (Å²) in [5, 5.41) is 22.4. The van der Waals surface area contributed by atoms with Crippen LogP contribution >= 0.6 is 0 Å². The summed E-state index contributed by atoms with van der Waals surface area (Å²) in [6, 6.07) is 5.32. The summed E-state index contributed by atoms with van der Waals surface area (Å²) in [6.07, 6.45) is 4.91. The minimum atomic E-state index is 0.107. The average molecular weight is 249 g/mol. The minimum Gasteiger partial charge on any atom is -0.508 e. The number of aromatic hydroxyl groups is 2. The molecule has 1 aromatic carbocycles. The Hall–Kier alpha value is -1.22. The van der Waals surface area contributed by atoms with Crippen LogP contribution in [0.15, 0.2) is 18.2 Å². The molecule has 1 aliphatic carbocycles. The van der Waals surface area contributed by atoms with Crippen molar-refractivity contribution in [1.82, 2.24) is 5.32 Å². The summed E-state index contributed by atoms with van der Waals surface area (Å²) in [7, 11) is 0. The van der Waals surface area contributed by atoms with E-state index in [1.807, 2.05) is 0 Å². The molecule has 3 nitrogen and oxygen atoms in total. The van der Waals surface area contributed by atoms with Gasteiger partial charge in [0.2, 0.25) is 0 Å². The summed E-state index contributed by atoms with van der Waals surface area (Å²) >= 11 is 0. The van der Waals surface area contributed by atoms with Gasteiger partial charge >= 0.3 is 0 Å². The fourth-order valence-electron chi connectivity index (χ4n) is 2.56. The van der Waals surface area contributed by atoms with Gasteiger partial charge in [-0.2, -0.15) is 0 Å². The van der Waals surface area contributed by atoms with Crippen LogP contribution in [0.3, 0.4) is 0 Å². The van der Waals surface area contributed by atoms with Crippen molar-refractivity contribution in [2.75, 3.05) is 0 Å². The van der Waals surface area contributed by atoms with E-state index in [4.69, 9.17) is 0 Å². The van der Waals surface area contributed by atoms with Crippen LogP contribution < -0.4 is 5.32 Å². The molecule has 100 valence electrons. The van der Waals surface area contributed by atoms with Crippen LogP contribution in [-0.2, 0) is 6.54 Å². The molecule has 0 amide bonds. The summed E-state index contributed by atoms with van der Waals surface area (Å²) < 4.78 is 0. The SMILES string of the molecule is CC1(C)CCC(NCc2ccc(O)cc2O)CC1. The number of rotatable bonds is 3. The van der Waals surface area contributed by atoms with E-state index in [0.717, 1.165) is 5.56 Å². The molecular formula is C15H23NO2. The van der Waals surface area contributed by atoms with E-state index in [2.05, 4.69) is 19.2 Å². The average Bonchev–Trinajstić information content (AvgIpc) is 2.29. The standard InChI is InChI=1S/C15H23NO2/c1-15(2)7-5-12(6-8-15)16-10-11-3-4-13(17)9-14(11)18/h3-4,9,12,16-18H,5-8,10H2,1-2H3. The third-order valence-corrected chi connectivity index (χ3v) is 3.99. The molecule has 3 heteroatoms. The van der Waals surface area contributed by atoms with Crippen molar-refractivity contribution in [1.29, 1.82) is 0 Å². The highest BCUT2D eigenvalue weighted by atomic mass is 16.3. The molecule has 1 saturated carbocycles. The van der Waals surface area contributed by atoms with Gasteiger partial charge in [-0.05, 0) is 37.2 Å². The molecule has 0 radical (unpaired) electrons.